The molecule has 1 aromatic carbocycles. The summed E-state index contributed by atoms with van der Waals surface area (Å²) in [5.41, 5.74) is 2.37. The Labute approximate surface area is 170 Å². The molecule has 3 heterocycles. The van der Waals surface area contributed by atoms with Gasteiger partial charge in [-0.2, -0.15) is 9.78 Å². The van der Waals surface area contributed by atoms with Gasteiger partial charge in [-0.25, -0.2) is 0 Å². The van der Waals surface area contributed by atoms with Crippen LogP contribution in [0.2, 0.25) is 0 Å². The van der Waals surface area contributed by atoms with Crippen molar-refractivity contribution < 1.29 is 18.7 Å². The predicted molar refractivity (Wildman–Crippen MR) is 107 cm³/mol. The number of nitrogens with zero attached hydrogens (tertiary/aromatic N) is 4. The van der Waals surface area contributed by atoms with Crippen LogP contribution in [0.5, 0.6) is 0 Å². The summed E-state index contributed by atoms with van der Waals surface area (Å²) in [7, 11) is 0. The molecule has 0 aliphatic carbocycles. The average molecular weight is 409 g/mol. The smallest absolute Gasteiger partial charge is 0.212 e. The van der Waals surface area contributed by atoms with E-state index in [4.69, 9.17) is 8.83 Å². The molecule has 0 aliphatic rings. The predicted octanol–water partition coefficient (Wildman–Crippen LogP) is 2.88. The second-order valence-corrected chi connectivity index (χ2v) is 7.14. The first-order chi connectivity index (χ1) is 14.1. The van der Waals surface area contributed by atoms with Crippen molar-refractivity contribution in [2.45, 2.75) is 25.4 Å². The van der Waals surface area contributed by atoms with E-state index >= 15 is 0 Å². The van der Waals surface area contributed by atoms with Crippen molar-refractivity contribution in [2.75, 3.05) is 5.75 Å². The molecule has 3 aromatic heterocycles. The molecule has 29 heavy (non-hydrogen) atoms. The third-order valence-corrected chi connectivity index (χ3v) is 5.26. The number of carboxylic acids is 1. The molecule has 0 saturated heterocycles. The lowest BCUT2D eigenvalue weighted by Crippen LogP contribution is -2.24. The van der Waals surface area contributed by atoms with Crippen LogP contribution in [0.25, 0.3) is 22.4 Å². The Morgan fingerprint density at radius 1 is 1.31 bits per heavy atom. The molecule has 0 bridgehead atoms. The minimum Gasteiger partial charge on any atom is -0.549 e. The number of carbonyl (C=O) groups is 1. The van der Waals surface area contributed by atoms with Gasteiger partial charge >= 0.3 is 0 Å². The van der Waals surface area contributed by atoms with E-state index in [1.54, 1.807) is 18.5 Å². The largest absolute Gasteiger partial charge is 0.549 e. The molecular formula is C20H17N4O4S-. The third kappa shape index (κ3) is 3.68. The monoisotopic (exact) mass is 409 g/mol. The number of carboxylic acid groups (broad SMARTS) is 1. The highest BCUT2D eigenvalue weighted by atomic mass is 32.2. The molecule has 0 saturated carbocycles. The summed E-state index contributed by atoms with van der Waals surface area (Å²) in [6.07, 6.45) is 3.95. The Kier molecular flexibility index (Phi) is 5.22. The maximum absolute atomic E-state index is 10.9. The fourth-order valence-corrected chi connectivity index (χ4v) is 3.61. The number of thioether (sulfide) groups is 1. The van der Waals surface area contributed by atoms with E-state index in [2.05, 4.69) is 15.3 Å². The topological polar surface area (TPSA) is 109 Å². The van der Waals surface area contributed by atoms with E-state index in [0.29, 0.717) is 23.2 Å². The number of furan rings is 2. The van der Waals surface area contributed by atoms with Crippen LogP contribution in [0.4, 0.5) is 0 Å². The highest BCUT2D eigenvalue weighted by molar-refractivity contribution is 7.99. The van der Waals surface area contributed by atoms with Gasteiger partial charge < -0.3 is 18.7 Å². The van der Waals surface area contributed by atoms with E-state index < -0.39 is 5.97 Å². The van der Waals surface area contributed by atoms with E-state index in [9.17, 15) is 9.90 Å². The lowest BCUT2D eigenvalue weighted by atomic mass is 10.1. The van der Waals surface area contributed by atoms with Crippen LogP contribution in [0.15, 0.2) is 55.7 Å². The Hall–Kier alpha value is -3.33. The number of para-hydroxylation sites is 1. The molecular weight excluding hydrogens is 392 g/mol. The summed E-state index contributed by atoms with van der Waals surface area (Å²) < 4.78 is 12.8. The van der Waals surface area contributed by atoms with Crippen molar-refractivity contribution in [3.63, 3.8) is 0 Å². The van der Waals surface area contributed by atoms with Gasteiger partial charge in [-0.3, -0.25) is 0 Å². The Balaban J connectivity index is 1.80. The number of aromatic nitrogens is 3. The molecule has 0 atom stereocenters. The average Bonchev–Trinajstić information content (AvgIpc) is 3.40. The van der Waals surface area contributed by atoms with Gasteiger partial charge in [0.25, 0.3) is 0 Å². The summed E-state index contributed by atoms with van der Waals surface area (Å²) in [6, 6.07) is 9.50. The zero-order valence-corrected chi connectivity index (χ0v) is 16.6. The van der Waals surface area contributed by atoms with Gasteiger partial charge in [-0.05, 0) is 19.1 Å². The number of rotatable bonds is 7. The van der Waals surface area contributed by atoms with Crippen LogP contribution in [0.1, 0.15) is 24.0 Å². The van der Waals surface area contributed by atoms with Gasteiger partial charge in [0, 0.05) is 23.1 Å². The van der Waals surface area contributed by atoms with Crippen LogP contribution in [0, 0.1) is 6.92 Å². The zero-order valence-electron chi connectivity index (χ0n) is 15.8. The van der Waals surface area contributed by atoms with Crippen LogP contribution < -0.4 is 5.11 Å². The minimum atomic E-state index is -1.19. The number of benzene rings is 1. The molecule has 4 rings (SSSR count). The van der Waals surface area contributed by atoms with Crippen molar-refractivity contribution in [2.24, 2.45) is 5.10 Å². The first-order valence-electron chi connectivity index (χ1n) is 8.95. The maximum Gasteiger partial charge on any atom is 0.212 e. The number of fused-ring (bicyclic) bond motifs is 1. The fourth-order valence-electron chi connectivity index (χ4n) is 3.00. The lowest BCUT2D eigenvalue weighted by Gasteiger charge is -2.04. The Morgan fingerprint density at radius 3 is 2.86 bits per heavy atom. The molecule has 4 aromatic rings. The van der Waals surface area contributed by atoms with Crippen molar-refractivity contribution >= 4 is 34.9 Å². The number of aliphatic carboxylic acids is 1. The molecule has 0 spiro atoms. The number of carbonyl (C=O) groups excluding carboxylic acids is 1. The lowest BCUT2D eigenvalue weighted by molar-refractivity contribution is -0.301. The van der Waals surface area contributed by atoms with Gasteiger partial charge in [0.2, 0.25) is 5.16 Å². The van der Waals surface area contributed by atoms with E-state index in [-0.39, 0.29) is 5.75 Å². The number of aryl methyl sites for hydroxylation is 2. The third-order valence-electron chi connectivity index (χ3n) is 4.37. The molecule has 0 fully saturated rings. The molecule has 0 N–H and O–H groups in total. The van der Waals surface area contributed by atoms with Crippen molar-refractivity contribution in [1.29, 1.82) is 0 Å². The van der Waals surface area contributed by atoms with Gasteiger partial charge in [-0.1, -0.05) is 36.9 Å². The summed E-state index contributed by atoms with van der Waals surface area (Å²) in [4.78, 5) is 10.9. The van der Waals surface area contributed by atoms with Crippen LogP contribution >= 0.6 is 11.8 Å². The van der Waals surface area contributed by atoms with E-state index in [1.807, 2.05) is 38.1 Å². The van der Waals surface area contributed by atoms with Crippen molar-refractivity contribution in [3.05, 3.63) is 53.7 Å². The van der Waals surface area contributed by atoms with Crippen LogP contribution in [-0.2, 0) is 11.2 Å². The number of hydrogen-bond acceptors (Lipinski definition) is 8. The minimum absolute atomic E-state index is 0.257. The Morgan fingerprint density at radius 2 is 2.14 bits per heavy atom. The van der Waals surface area contributed by atoms with E-state index in [1.165, 1.54) is 4.68 Å². The second kappa shape index (κ2) is 7.96. The first-order valence-corrected chi connectivity index (χ1v) is 9.94. The summed E-state index contributed by atoms with van der Waals surface area (Å²) in [6.45, 7) is 3.82. The summed E-state index contributed by atoms with van der Waals surface area (Å²) >= 11 is 0.989. The highest BCUT2D eigenvalue weighted by Crippen LogP contribution is 2.28. The highest BCUT2D eigenvalue weighted by Gasteiger charge is 2.18. The molecule has 0 amide bonds. The maximum atomic E-state index is 10.9. The van der Waals surface area contributed by atoms with Crippen molar-refractivity contribution in [1.82, 2.24) is 14.9 Å². The van der Waals surface area contributed by atoms with Gasteiger partial charge in [0.1, 0.15) is 17.1 Å². The molecule has 0 radical (unpaired) electrons. The normalized spacial score (nSPS) is 11.7. The summed E-state index contributed by atoms with van der Waals surface area (Å²) in [5, 5.41) is 25.0. The SMILES string of the molecule is CCc1oc2ccccc2c1/C=N\n1c(SCC(=O)[O-])nnc1-c1ccoc1C. The molecule has 0 unspecified atom stereocenters. The molecule has 9 heteroatoms. The first kappa shape index (κ1) is 19.0. The second-order valence-electron chi connectivity index (χ2n) is 6.20. The van der Waals surface area contributed by atoms with E-state index in [0.717, 1.165) is 39.6 Å². The van der Waals surface area contributed by atoms with Gasteiger partial charge in [-0.15, -0.1) is 10.2 Å². The fraction of sp³-hybridized carbons (Fsp3) is 0.200. The Bertz CT molecular complexity index is 1200. The van der Waals surface area contributed by atoms with Crippen LogP contribution in [-0.4, -0.2) is 32.8 Å². The zero-order chi connectivity index (χ0) is 20.4. The standard InChI is InChI=1S/C20H18N4O4S/c1-3-16-15(14-6-4-5-7-17(14)28-16)10-21-24-19(13-8-9-27-12(13)2)22-23-20(24)29-11-18(25)26/h4-10H,3,11H2,1-2H3,(H,25,26)/p-1/b21-10-. The molecule has 148 valence electrons. The van der Waals surface area contributed by atoms with Gasteiger partial charge in [0.05, 0.1) is 24.0 Å². The van der Waals surface area contributed by atoms with Crippen LogP contribution in [0.3, 0.4) is 0 Å². The quantitative estimate of drug-likeness (QED) is 0.341. The molecule has 0 aliphatic heterocycles. The van der Waals surface area contributed by atoms with Crippen molar-refractivity contribution in [3.8, 4) is 11.4 Å². The number of hydrogen-bond donors (Lipinski definition) is 0. The summed E-state index contributed by atoms with van der Waals surface area (Å²) in [5.74, 6) is 0.483. The molecule has 8 nitrogen and oxygen atoms in total. The van der Waals surface area contributed by atoms with Gasteiger partial charge in [0.15, 0.2) is 5.82 Å².